The second-order valence-corrected chi connectivity index (χ2v) is 7.01. The first-order valence-corrected chi connectivity index (χ1v) is 8.73. The van der Waals surface area contributed by atoms with E-state index in [-0.39, 0.29) is 23.0 Å². The molecule has 2 aromatic rings. The lowest BCUT2D eigenvalue weighted by Crippen LogP contribution is -2.48. The Hall–Kier alpha value is -3.03. The van der Waals surface area contributed by atoms with Crippen molar-refractivity contribution in [2.75, 3.05) is 5.73 Å². The Morgan fingerprint density at radius 1 is 1.23 bits per heavy atom. The summed E-state index contributed by atoms with van der Waals surface area (Å²) in [7, 11) is 0. The summed E-state index contributed by atoms with van der Waals surface area (Å²) in [6.45, 7) is 1.81. The van der Waals surface area contributed by atoms with E-state index in [9.17, 15) is 14.8 Å². The lowest BCUT2D eigenvalue weighted by atomic mass is 9.89. The molecule has 1 fully saturated rings. The average Bonchev–Trinajstić information content (AvgIpc) is 2.88. The van der Waals surface area contributed by atoms with Crippen LogP contribution in [0, 0.1) is 6.92 Å². The molecule has 0 aromatic carbocycles. The van der Waals surface area contributed by atoms with E-state index in [0.717, 1.165) is 36.8 Å². The van der Waals surface area contributed by atoms with Crippen molar-refractivity contribution < 1.29 is 10.0 Å². The molecule has 2 aromatic heterocycles. The molecule has 136 valence electrons. The van der Waals surface area contributed by atoms with E-state index < -0.39 is 5.66 Å². The zero-order chi connectivity index (χ0) is 18.5. The second-order valence-electron chi connectivity index (χ2n) is 7.01. The van der Waals surface area contributed by atoms with Crippen LogP contribution in [-0.2, 0) is 5.66 Å². The Labute approximate surface area is 149 Å². The van der Waals surface area contributed by atoms with Crippen molar-refractivity contribution in [3.05, 3.63) is 51.4 Å². The molecule has 1 spiro atoms. The fourth-order valence-electron chi connectivity index (χ4n) is 4.02. The number of aryl methyl sites for hydroxylation is 1. The Morgan fingerprint density at radius 3 is 2.65 bits per heavy atom. The Kier molecular flexibility index (Phi) is 3.64. The predicted molar refractivity (Wildman–Crippen MR) is 95.2 cm³/mol. The van der Waals surface area contributed by atoms with E-state index in [2.05, 4.69) is 10.3 Å². The summed E-state index contributed by atoms with van der Waals surface area (Å²) >= 11 is 0. The van der Waals surface area contributed by atoms with Gasteiger partial charge < -0.3 is 16.3 Å². The second kappa shape index (κ2) is 5.76. The maximum Gasteiger partial charge on any atom is 0.279 e. The monoisotopic (exact) mass is 355 g/mol. The van der Waals surface area contributed by atoms with Gasteiger partial charge >= 0.3 is 0 Å². The van der Waals surface area contributed by atoms with Crippen molar-refractivity contribution in [1.82, 2.24) is 14.6 Å². The molecule has 1 saturated carbocycles. The van der Waals surface area contributed by atoms with Crippen LogP contribution in [0.2, 0.25) is 0 Å². The first kappa shape index (κ1) is 16.4. The zero-order valence-electron chi connectivity index (χ0n) is 14.5. The highest BCUT2D eigenvalue weighted by molar-refractivity contribution is 5.96. The number of anilines is 1. The van der Waals surface area contributed by atoms with Crippen molar-refractivity contribution in [3.8, 4) is 0 Å². The highest BCUT2D eigenvalue weighted by Crippen LogP contribution is 2.37. The molecule has 1 aliphatic heterocycles. The molecule has 26 heavy (non-hydrogen) atoms. The third kappa shape index (κ3) is 2.40. The van der Waals surface area contributed by atoms with E-state index in [1.54, 1.807) is 16.7 Å². The zero-order valence-corrected chi connectivity index (χ0v) is 14.5. The number of pyridine rings is 2. The van der Waals surface area contributed by atoms with E-state index in [4.69, 9.17) is 5.73 Å². The fourth-order valence-corrected chi connectivity index (χ4v) is 4.02. The highest BCUT2D eigenvalue weighted by Gasteiger charge is 2.45. The van der Waals surface area contributed by atoms with Crippen LogP contribution in [0.5, 0.6) is 0 Å². The quantitative estimate of drug-likeness (QED) is 0.670. The molecule has 4 N–H and O–H groups in total. The van der Waals surface area contributed by atoms with Crippen LogP contribution < -0.4 is 22.0 Å². The van der Waals surface area contributed by atoms with Gasteiger partial charge in [0.1, 0.15) is 22.9 Å². The number of hydrogen-bond donors (Lipinski definition) is 3. The maximum atomic E-state index is 13.2. The standard InChI is InChI=1S/C18H21N5O3/c1-11-9-13(20-12-5-8-22(26)14(19)10-12)17(25)23-15(11)16(24)21-18(23)6-3-2-4-7-18/h5,8-10,26H,2-4,6-7,19H2,1H3,(H,21,24). The molecule has 8 nitrogen and oxygen atoms in total. The van der Waals surface area contributed by atoms with Gasteiger partial charge in [0.05, 0.1) is 5.36 Å². The number of nitrogens with two attached hydrogens (primary N) is 1. The third-order valence-electron chi connectivity index (χ3n) is 5.24. The molecule has 8 heteroatoms. The summed E-state index contributed by atoms with van der Waals surface area (Å²) in [5, 5.41) is 13.0. The van der Waals surface area contributed by atoms with Gasteiger partial charge in [-0.1, -0.05) is 6.42 Å². The molecule has 0 atom stereocenters. The van der Waals surface area contributed by atoms with Gasteiger partial charge in [-0.05, 0) is 50.3 Å². The lowest BCUT2D eigenvalue weighted by Gasteiger charge is -2.35. The van der Waals surface area contributed by atoms with Gasteiger partial charge in [-0.2, -0.15) is 4.73 Å². The largest absolute Gasteiger partial charge is 0.427 e. The van der Waals surface area contributed by atoms with Crippen LogP contribution in [-0.4, -0.2) is 20.4 Å². The topological polar surface area (TPSA) is 115 Å². The Balaban J connectivity index is 1.93. The van der Waals surface area contributed by atoms with E-state index in [1.807, 2.05) is 6.92 Å². The van der Waals surface area contributed by atoms with Crippen molar-refractivity contribution in [2.45, 2.75) is 44.7 Å². The number of amides is 1. The first-order valence-electron chi connectivity index (χ1n) is 8.73. The predicted octanol–water partition coefficient (Wildman–Crippen LogP) is 1.37. The fraction of sp³-hybridized carbons (Fsp3) is 0.389. The van der Waals surface area contributed by atoms with Gasteiger partial charge in [-0.15, -0.1) is 0 Å². The number of nitrogen functional groups attached to an aromatic ring is 1. The van der Waals surface area contributed by atoms with Gasteiger partial charge in [-0.25, -0.2) is 4.99 Å². The normalized spacial score (nSPS) is 18.8. The number of carbonyl (C=O) groups excluding carboxylic acids is 1. The van der Waals surface area contributed by atoms with Gasteiger partial charge in [-0.3, -0.25) is 14.2 Å². The summed E-state index contributed by atoms with van der Waals surface area (Å²) in [6, 6.07) is 4.67. The van der Waals surface area contributed by atoms with Gasteiger partial charge in [0.25, 0.3) is 11.5 Å². The van der Waals surface area contributed by atoms with Gasteiger partial charge in [0.15, 0.2) is 0 Å². The van der Waals surface area contributed by atoms with Crippen molar-refractivity contribution >= 4 is 17.4 Å². The van der Waals surface area contributed by atoms with Crippen molar-refractivity contribution in [1.29, 1.82) is 0 Å². The minimum Gasteiger partial charge on any atom is -0.427 e. The average molecular weight is 355 g/mol. The molecule has 0 unspecified atom stereocenters. The molecule has 4 rings (SSSR count). The number of aromatic nitrogens is 2. The molecule has 0 saturated heterocycles. The van der Waals surface area contributed by atoms with Crippen LogP contribution in [0.3, 0.4) is 0 Å². The third-order valence-corrected chi connectivity index (χ3v) is 5.24. The highest BCUT2D eigenvalue weighted by atomic mass is 16.5. The lowest BCUT2D eigenvalue weighted by molar-refractivity contribution is 0.0876. The summed E-state index contributed by atoms with van der Waals surface area (Å²) in [6.07, 6.45) is 5.90. The van der Waals surface area contributed by atoms with E-state index >= 15 is 0 Å². The number of hydrogen-bond acceptors (Lipinski definition) is 5. The SMILES string of the molecule is Cc1cc(N=c2ccn(O)c(N)c2)c(=O)n2c1C(=O)NC21CCCCC1. The maximum absolute atomic E-state index is 13.2. The number of fused-ring (bicyclic) bond motifs is 2. The first-order chi connectivity index (χ1) is 12.4. The van der Waals surface area contributed by atoms with Crippen LogP contribution in [0.25, 0.3) is 0 Å². The molecule has 2 aliphatic rings. The number of nitrogens with zero attached hydrogens (tertiary/aromatic N) is 3. The Morgan fingerprint density at radius 2 is 1.96 bits per heavy atom. The van der Waals surface area contributed by atoms with Gasteiger partial charge in [0, 0.05) is 12.3 Å². The van der Waals surface area contributed by atoms with E-state index in [0.29, 0.717) is 16.6 Å². The summed E-state index contributed by atoms with van der Waals surface area (Å²) in [5.41, 5.74) is 6.15. The number of nitrogens with one attached hydrogen (secondary N) is 1. The van der Waals surface area contributed by atoms with Crippen LogP contribution in [0.15, 0.2) is 34.2 Å². The minimum atomic E-state index is -0.637. The molecular weight excluding hydrogens is 334 g/mol. The number of rotatable bonds is 1. The van der Waals surface area contributed by atoms with Gasteiger partial charge in [0.2, 0.25) is 0 Å². The molecule has 0 bridgehead atoms. The smallest absolute Gasteiger partial charge is 0.279 e. The van der Waals surface area contributed by atoms with Crippen LogP contribution in [0.4, 0.5) is 11.5 Å². The van der Waals surface area contributed by atoms with Crippen molar-refractivity contribution in [3.63, 3.8) is 0 Å². The number of carbonyl (C=O) groups is 1. The molecule has 0 radical (unpaired) electrons. The molecular formula is C18H21N5O3. The Bertz CT molecular complexity index is 1030. The van der Waals surface area contributed by atoms with Crippen LogP contribution >= 0.6 is 0 Å². The van der Waals surface area contributed by atoms with E-state index in [1.165, 1.54) is 12.3 Å². The minimum absolute atomic E-state index is 0.116. The summed E-state index contributed by atoms with van der Waals surface area (Å²) in [5.74, 6) is -0.0804. The summed E-state index contributed by atoms with van der Waals surface area (Å²) in [4.78, 5) is 30.1. The summed E-state index contributed by atoms with van der Waals surface area (Å²) < 4.78 is 2.39. The molecule has 1 amide bonds. The van der Waals surface area contributed by atoms with Crippen LogP contribution in [0.1, 0.15) is 48.2 Å². The van der Waals surface area contributed by atoms with Crippen molar-refractivity contribution in [2.24, 2.45) is 4.99 Å². The molecule has 1 aliphatic carbocycles. The molecule has 3 heterocycles.